The molecule has 4 heteroatoms. The fraction of sp³-hybridized carbons (Fsp3) is 0.308. The Morgan fingerprint density at radius 3 is 2.88 bits per heavy atom. The Balaban J connectivity index is 1.96. The van der Waals surface area contributed by atoms with E-state index in [0.29, 0.717) is 17.4 Å². The SMILES string of the molecule is CC(=O)c1cc(-c2ccnc(C3CC3)c2)no1. The van der Waals surface area contributed by atoms with Crippen molar-refractivity contribution in [3.8, 4) is 11.3 Å². The van der Waals surface area contributed by atoms with Gasteiger partial charge in [0.05, 0.1) is 0 Å². The van der Waals surface area contributed by atoms with E-state index < -0.39 is 0 Å². The molecule has 0 radical (unpaired) electrons. The van der Waals surface area contributed by atoms with Gasteiger partial charge in [0.15, 0.2) is 5.78 Å². The maximum atomic E-state index is 11.1. The maximum absolute atomic E-state index is 11.1. The predicted octanol–water partition coefficient (Wildman–Crippen LogP) is 2.82. The maximum Gasteiger partial charge on any atom is 0.202 e. The molecule has 2 aromatic rings. The first-order chi connectivity index (χ1) is 8.24. The topological polar surface area (TPSA) is 56.0 Å². The van der Waals surface area contributed by atoms with Gasteiger partial charge in [0, 0.05) is 36.4 Å². The fourth-order valence-corrected chi connectivity index (χ4v) is 1.79. The molecule has 0 spiro atoms. The number of pyridine rings is 1. The second-order valence-corrected chi connectivity index (χ2v) is 4.38. The van der Waals surface area contributed by atoms with Crippen LogP contribution in [0.15, 0.2) is 28.9 Å². The monoisotopic (exact) mass is 228 g/mol. The third-order valence-electron chi connectivity index (χ3n) is 2.93. The van der Waals surface area contributed by atoms with Crippen LogP contribution in [0.3, 0.4) is 0 Å². The van der Waals surface area contributed by atoms with Crippen molar-refractivity contribution < 1.29 is 9.32 Å². The van der Waals surface area contributed by atoms with Gasteiger partial charge in [0.2, 0.25) is 5.76 Å². The quantitative estimate of drug-likeness (QED) is 0.758. The van der Waals surface area contributed by atoms with E-state index in [2.05, 4.69) is 10.1 Å². The largest absolute Gasteiger partial charge is 0.353 e. The van der Waals surface area contributed by atoms with E-state index in [1.807, 2.05) is 12.1 Å². The van der Waals surface area contributed by atoms with Gasteiger partial charge < -0.3 is 4.52 Å². The van der Waals surface area contributed by atoms with Crippen molar-refractivity contribution in [1.29, 1.82) is 0 Å². The second kappa shape index (κ2) is 3.80. The molecule has 2 aromatic heterocycles. The van der Waals surface area contributed by atoms with Gasteiger partial charge in [0.25, 0.3) is 0 Å². The smallest absolute Gasteiger partial charge is 0.202 e. The lowest BCUT2D eigenvalue weighted by Gasteiger charge is -1.99. The Bertz CT molecular complexity index is 570. The summed E-state index contributed by atoms with van der Waals surface area (Å²) in [6.45, 7) is 1.46. The van der Waals surface area contributed by atoms with Gasteiger partial charge in [-0.25, -0.2) is 0 Å². The van der Waals surface area contributed by atoms with Gasteiger partial charge in [0.1, 0.15) is 5.69 Å². The Kier molecular flexibility index (Phi) is 2.28. The molecule has 17 heavy (non-hydrogen) atoms. The van der Waals surface area contributed by atoms with Gasteiger partial charge in [-0.2, -0.15) is 0 Å². The van der Waals surface area contributed by atoms with Gasteiger partial charge >= 0.3 is 0 Å². The van der Waals surface area contributed by atoms with Crippen molar-refractivity contribution in [3.63, 3.8) is 0 Å². The van der Waals surface area contributed by atoms with Crippen molar-refractivity contribution >= 4 is 5.78 Å². The van der Waals surface area contributed by atoms with Gasteiger partial charge in [-0.15, -0.1) is 0 Å². The molecule has 0 saturated heterocycles. The van der Waals surface area contributed by atoms with Crippen molar-refractivity contribution in [2.45, 2.75) is 25.7 Å². The molecule has 3 rings (SSSR count). The zero-order chi connectivity index (χ0) is 11.8. The third kappa shape index (κ3) is 1.98. The van der Waals surface area contributed by atoms with Crippen LogP contribution in [-0.2, 0) is 0 Å². The van der Waals surface area contributed by atoms with Crippen molar-refractivity contribution in [1.82, 2.24) is 10.1 Å². The molecule has 0 aromatic carbocycles. The average Bonchev–Trinajstić information content (AvgIpc) is 3.06. The summed E-state index contributed by atoms with van der Waals surface area (Å²) in [7, 11) is 0. The fourth-order valence-electron chi connectivity index (χ4n) is 1.79. The number of hydrogen-bond acceptors (Lipinski definition) is 4. The Morgan fingerprint density at radius 2 is 2.24 bits per heavy atom. The Hall–Kier alpha value is -1.97. The number of carbonyl (C=O) groups is 1. The Labute approximate surface area is 98.7 Å². The van der Waals surface area contributed by atoms with E-state index in [4.69, 9.17) is 4.52 Å². The number of ketones is 1. The molecule has 0 amide bonds. The van der Waals surface area contributed by atoms with E-state index in [9.17, 15) is 4.79 Å². The van der Waals surface area contributed by atoms with Crippen LogP contribution in [0.25, 0.3) is 11.3 Å². The first kappa shape index (κ1) is 10.2. The summed E-state index contributed by atoms with van der Waals surface area (Å²) >= 11 is 0. The zero-order valence-corrected chi connectivity index (χ0v) is 9.51. The van der Waals surface area contributed by atoms with E-state index in [1.54, 1.807) is 12.3 Å². The number of rotatable bonds is 3. The number of Topliss-reactive ketones (excluding diaryl/α,β-unsaturated/α-hetero) is 1. The molecule has 1 fully saturated rings. The normalized spacial score (nSPS) is 14.9. The van der Waals surface area contributed by atoms with Gasteiger partial charge in [-0.1, -0.05) is 5.16 Å². The molecule has 0 unspecified atom stereocenters. The standard InChI is InChI=1S/C13H12N2O2/c1-8(16)13-7-12(15-17-13)10-4-5-14-11(6-10)9-2-3-9/h4-7,9H,2-3H2,1H3. The van der Waals surface area contributed by atoms with Crippen LogP contribution in [-0.4, -0.2) is 15.9 Å². The summed E-state index contributed by atoms with van der Waals surface area (Å²) in [6.07, 6.45) is 4.22. The summed E-state index contributed by atoms with van der Waals surface area (Å²) in [4.78, 5) is 15.5. The van der Waals surface area contributed by atoms with Crippen LogP contribution < -0.4 is 0 Å². The minimum Gasteiger partial charge on any atom is -0.353 e. The molecule has 1 saturated carbocycles. The molecule has 1 aliphatic rings. The molecule has 0 bridgehead atoms. The Morgan fingerprint density at radius 1 is 1.41 bits per heavy atom. The summed E-state index contributed by atoms with van der Waals surface area (Å²) in [5.74, 6) is 0.791. The highest BCUT2D eigenvalue weighted by Crippen LogP contribution is 2.39. The first-order valence-electron chi connectivity index (χ1n) is 5.68. The molecule has 0 N–H and O–H groups in total. The van der Waals surface area contributed by atoms with Crippen LogP contribution in [0.2, 0.25) is 0 Å². The molecule has 0 aliphatic heterocycles. The minimum atomic E-state index is -0.111. The molecular formula is C13H12N2O2. The lowest BCUT2D eigenvalue weighted by atomic mass is 10.1. The highest BCUT2D eigenvalue weighted by molar-refractivity contribution is 5.92. The van der Waals surface area contributed by atoms with Gasteiger partial charge in [-0.3, -0.25) is 9.78 Å². The number of carbonyl (C=O) groups excluding carboxylic acids is 1. The van der Waals surface area contributed by atoms with E-state index in [0.717, 1.165) is 11.3 Å². The highest BCUT2D eigenvalue weighted by atomic mass is 16.5. The van der Waals surface area contributed by atoms with Gasteiger partial charge in [-0.05, 0) is 25.0 Å². The molecule has 4 nitrogen and oxygen atoms in total. The first-order valence-corrected chi connectivity index (χ1v) is 5.68. The van der Waals surface area contributed by atoms with Crippen molar-refractivity contribution in [3.05, 3.63) is 35.9 Å². The molecular weight excluding hydrogens is 216 g/mol. The number of hydrogen-bond donors (Lipinski definition) is 0. The minimum absolute atomic E-state index is 0.111. The summed E-state index contributed by atoms with van der Waals surface area (Å²) in [5.41, 5.74) is 2.76. The summed E-state index contributed by atoms with van der Waals surface area (Å²) < 4.78 is 4.98. The number of nitrogens with zero attached hydrogens (tertiary/aromatic N) is 2. The second-order valence-electron chi connectivity index (χ2n) is 4.38. The lowest BCUT2D eigenvalue weighted by Crippen LogP contribution is -1.87. The van der Waals surface area contributed by atoms with Crippen molar-refractivity contribution in [2.75, 3.05) is 0 Å². The molecule has 2 heterocycles. The van der Waals surface area contributed by atoms with E-state index in [-0.39, 0.29) is 5.78 Å². The summed E-state index contributed by atoms with van der Waals surface area (Å²) in [5, 5.41) is 3.90. The predicted molar refractivity (Wildman–Crippen MR) is 61.7 cm³/mol. The average molecular weight is 228 g/mol. The molecule has 0 atom stereocenters. The lowest BCUT2D eigenvalue weighted by molar-refractivity contribution is 0.0978. The van der Waals surface area contributed by atoms with Crippen LogP contribution >= 0.6 is 0 Å². The highest BCUT2D eigenvalue weighted by Gasteiger charge is 2.25. The molecule has 1 aliphatic carbocycles. The van der Waals surface area contributed by atoms with Crippen LogP contribution in [0, 0.1) is 0 Å². The third-order valence-corrected chi connectivity index (χ3v) is 2.93. The van der Waals surface area contributed by atoms with E-state index >= 15 is 0 Å². The van der Waals surface area contributed by atoms with Crippen molar-refractivity contribution in [2.24, 2.45) is 0 Å². The van der Waals surface area contributed by atoms with Crippen LogP contribution in [0.1, 0.15) is 41.9 Å². The molecule has 86 valence electrons. The zero-order valence-electron chi connectivity index (χ0n) is 9.51. The van der Waals surface area contributed by atoms with E-state index in [1.165, 1.54) is 19.8 Å². The van der Waals surface area contributed by atoms with Crippen LogP contribution in [0.5, 0.6) is 0 Å². The van der Waals surface area contributed by atoms with Crippen LogP contribution in [0.4, 0.5) is 0 Å². The number of aromatic nitrogens is 2. The summed E-state index contributed by atoms with van der Waals surface area (Å²) in [6, 6.07) is 5.58.